The molecule has 12 heteroatoms. The Balaban J connectivity index is 1.96. The molecular weight excluding hydrogens is 558 g/mol. The van der Waals surface area contributed by atoms with Gasteiger partial charge in [-0.05, 0) is 39.0 Å². The van der Waals surface area contributed by atoms with Crippen LogP contribution in [0.2, 0.25) is 0 Å². The summed E-state index contributed by atoms with van der Waals surface area (Å²) >= 11 is 5.55. The number of aromatic nitrogens is 2. The number of amides is 1. The number of rotatable bonds is 6. The summed E-state index contributed by atoms with van der Waals surface area (Å²) in [7, 11) is 2.72. The summed E-state index contributed by atoms with van der Waals surface area (Å²) in [5, 5.41) is 11.8. The summed E-state index contributed by atoms with van der Waals surface area (Å²) in [6.07, 6.45) is 0. The minimum atomic E-state index is -1.07. The fourth-order valence-corrected chi connectivity index (χ4v) is 6.14. The molecule has 1 aliphatic heterocycles. The van der Waals surface area contributed by atoms with Crippen molar-refractivity contribution >= 4 is 61.4 Å². The first-order valence-corrected chi connectivity index (χ1v) is 12.7. The predicted octanol–water partition coefficient (Wildman–Crippen LogP) is 4.87. The summed E-state index contributed by atoms with van der Waals surface area (Å²) in [5.74, 6) is -2.23. The lowest BCUT2D eigenvalue weighted by Gasteiger charge is -2.26. The molecule has 0 aliphatic carbocycles. The van der Waals surface area contributed by atoms with E-state index in [9.17, 15) is 19.5 Å². The first kappa shape index (κ1) is 25.0. The van der Waals surface area contributed by atoms with Crippen molar-refractivity contribution in [2.45, 2.75) is 26.8 Å². The lowest BCUT2D eigenvalue weighted by molar-refractivity contribution is -0.117. The number of ether oxygens (including phenoxy) is 2. The largest absolute Gasteiger partial charge is 0.503 e. The molecule has 3 aromatic rings. The molecule has 0 fully saturated rings. The standard InChI is InChI=1S/C23H20BrN3O6S2/c1-9-19(34-11(3)25-9)17(28)15-16(13-8-12(24)6-7-14(13)32-4)27(21(30)18(15)29)23-26-10(2)20(35-23)22(31)33-5/h6-8,16,29H,1-5H3. The zero-order valence-corrected chi connectivity index (χ0v) is 22.6. The third-order valence-corrected chi connectivity index (χ3v) is 8.11. The zero-order chi connectivity index (χ0) is 25.6. The number of Topliss-reactive ketones (excluding diaryl/α,β-unsaturated/α-hetero) is 1. The fraction of sp³-hybridized carbons (Fsp3) is 0.261. The number of aryl methyl sites for hydroxylation is 3. The number of methoxy groups -OCH3 is 2. The van der Waals surface area contributed by atoms with Crippen LogP contribution in [0.15, 0.2) is 34.0 Å². The molecule has 1 atom stereocenters. The Morgan fingerprint density at radius 1 is 1.09 bits per heavy atom. The number of thiazole rings is 2. The summed E-state index contributed by atoms with van der Waals surface area (Å²) in [4.78, 5) is 49.8. The summed E-state index contributed by atoms with van der Waals surface area (Å²) < 4.78 is 11.0. The molecule has 0 saturated heterocycles. The normalized spacial score (nSPS) is 15.7. The number of hydrogen-bond acceptors (Lipinski definition) is 10. The van der Waals surface area contributed by atoms with Crippen molar-refractivity contribution in [3.63, 3.8) is 0 Å². The van der Waals surface area contributed by atoms with Gasteiger partial charge in [-0.15, -0.1) is 11.3 Å². The highest BCUT2D eigenvalue weighted by molar-refractivity contribution is 9.10. The quantitative estimate of drug-likeness (QED) is 0.325. The number of carbonyl (C=O) groups is 3. The lowest BCUT2D eigenvalue weighted by atomic mass is 9.94. The number of nitrogens with zero attached hydrogens (tertiary/aromatic N) is 3. The second-order valence-electron chi connectivity index (χ2n) is 7.61. The first-order valence-electron chi connectivity index (χ1n) is 10.2. The van der Waals surface area contributed by atoms with E-state index in [4.69, 9.17) is 9.47 Å². The number of halogens is 1. The number of aliphatic hydroxyl groups is 1. The predicted molar refractivity (Wildman–Crippen MR) is 135 cm³/mol. The molecule has 1 aromatic carbocycles. The van der Waals surface area contributed by atoms with Crippen LogP contribution in [0.1, 0.15) is 47.3 Å². The van der Waals surface area contributed by atoms with E-state index in [1.54, 1.807) is 39.0 Å². The van der Waals surface area contributed by atoms with Crippen molar-refractivity contribution in [1.29, 1.82) is 0 Å². The van der Waals surface area contributed by atoms with E-state index in [0.717, 1.165) is 11.3 Å². The number of aliphatic hydroxyl groups excluding tert-OH is 1. The molecule has 0 saturated carbocycles. The highest BCUT2D eigenvalue weighted by Crippen LogP contribution is 2.47. The van der Waals surface area contributed by atoms with E-state index < -0.39 is 29.5 Å². The third kappa shape index (κ3) is 4.26. The number of hydrogen-bond donors (Lipinski definition) is 1. The maximum Gasteiger partial charge on any atom is 0.350 e. The Kier molecular flexibility index (Phi) is 6.80. The molecule has 2 aromatic heterocycles. The van der Waals surface area contributed by atoms with Crippen LogP contribution >= 0.6 is 38.6 Å². The van der Waals surface area contributed by atoms with Crippen LogP contribution in [0.4, 0.5) is 5.13 Å². The van der Waals surface area contributed by atoms with Gasteiger partial charge in [-0.1, -0.05) is 27.3 Å². The fourth-order valence-electron chi connectivity index (χ4n) is 3.88. The lowest BCUT2D eigenvalue weighted by Crippen LogP contribution is -2.31. The van der Waals surface area contributed by atoms with Crippen LogP contribution in [-0.2, 0) is 9.53 Å². The van der Waals surface area contributed by atoms with Gasteiger partial charge in [0.2, 0.25) is 5.78 Å². The van der Waals surface area contributed by atoms with Crippen LogP contribution in [0.5, 0.6) is 5.75 Å². The molecule has 1 amide bonds. The number of carbonyl (C=O) groups excluding carboxylic acids is 3. The van der Waals surface area contributed by atoms with Gasteiger partial charge in [-0.3, -0.25) is 14.5 Å². The van der Waals surface area contributed by atoms with Crippen LogP contribution in [0.3, 0.4) is 0 Å². The Morgan fingerprint density at radius 3 is 2.37 bits per heavy atom. The van der Waals surface area contributed by atoms with Gasteiger partial charge in [-0.25, -0.2) is 14.8 Å². The molecule has 35 heavy (non-hydrogen) atoms. The smallest absolute Gasteiger partial charge is 0.350 e. The average Bonchev–Trinajstić information content (AvgIpc) is 3.45. The monoisotopic (exact) mass is 577 g/mol. The molecular formula is C23H20BrN3O6S2. The van der Waals surface area contributed by atoms with Crippen LogP contribution in [-0.4, -0.2) is 47.0 Å². The summed E-state index contributed by atoms with van der Waals surface area (Å²) in [5.41, 5.74) is 1.19. The molecule has 1 unspecified atom stereocenters. The van der Waals surface area contributed by atoms with Crippen molar-refractivity contribution in [2.24, 2.45) is 0 Å². The van der Waals surface area contributed by atoms with Gasteiger partial charge in [0.05, 0.1) is 41.1 Å². The van der Waals surface area contributed by atoms with Crippen LogP contribution in [0.25, 0.3) is 0 Å². The van der Waals surface area contributed by atoms with E-state index in [1.165, 1.54) is 30.5 Å². The minimum Gasteiger partial charge on any atom is -0.503 e. The van der Waals surface area contributed by atoms with E-state index >= 15 is 0 Å². The highest BCUT2D eigenvalue weighted by Gasteiger charge is 2.48. The number of benzene rings is 1. The number of ketones is 1. The summed E-state index contributed by atoms with van der Waals surface area (Å²) in [6.45, 7) is 5.09. The topological polar surface area (TPSA) is 119 Å². The van der Waals surface area contributed by atoms with Gasteiger partial charge in [0.1, 0.15) is 16.7 Å². The van der Waals surface area contributed by atoms with Gasteiger partial charge in [-0.2, -0.15) is 0 Å². The summed E-state index contributed by atoms with van der Waals surface area (Å²) in [6, 6.07) is 4.09. The maximum atomic E-state index is 13.7. The van der Waals surface area contributed by atoms with Gasteiger partial charge < -0.3 is 14.6 Å². The molecule has 0 spiro atoms. The Labute approximate surface area is 217 Å². The Morgan fingerprint density at radius 2 is 1.77 bits per heavy atom. The highest BCUT2D eigenvalue weighted by atomic mass is 79.9. The molecule has 9 nitrogen and oxygen atoms in total. The number of esters is 1. The first-order chi connectivity index (χ1) is 16.6. The molecule has 0 bridgehead atoms. The number of anilines is 1. The molecule has 1 aliphatic rings. The van der Waals surface area contributed by atoms with E-state index in [-0.39, 0.29) is 15.6 Å². The molecule has 0 radical (unpaired) electrons. The van der Waals surface area contributed by atoms with Gasteiger partial charge in [0.25, 0.3) is 5.91 Å². The molecule has 4 rings (SSSR count). The Bertz CT molecular complexity index is 1410. The van der Waals surface area contributed by atoms with Crippen molar-refractivity contribution in [3.8, 4) is 5.75 Å². The minimum absolute atomic E-state index is 0.120. The SMILES string of the molecule is COC(=O)c1sc(N2C(=O)C(O)=C(C(=O)c3sc(C)nc3C)C2c2cc(Br)ccc2OC)nc1C. The van der Waals surface area contributed by atoms with Gasteiger partial charge in [0.15, 0.2) is 10.9 Å². The van der Waals surface area contributed by atoms with Crippen LogP contribution in [0, 0.1) is 20.8 Å². The van der Waals surface area contributed by atoms with E-state index in [1.807, 2.05) is 0 Å². The Hall–Kier alpha value is -3.09. The maximum absolute atomic E-state index is 13.7. The zero-order valence-electron chi connectivity index (χ0n) is 19.3. The van der Waals surface area contributed by atoms with E-state index in [0.29, 0.717) is 37.1 Å². The second-order valence-corrected chi connectivity index (χ2v) is 10.7. The van der Waals surface area contributed by atoms with Crippen molar-refractivity contribution in [2.75, 3.05) is 19.1 Å². The van der Waals surface area contributed by atoms with Crippen molar-refractivity contribution in [3.05, 3.63) is 65.7 Å². The van der Waals surface area contributed by atoms with Crippen molar-refractivity contribution in [1.82, 2.24) is 9.97 Å². The molecule has 3 heterocycles. The van der Waals surface area contributed by atoms with Crippen LogP contribution < -0.4 is 9.64 Å². The van der Waals surface area contributed by atoms with Gasteiger partial charge >= 0.3 is 5.97 Å². The second kappa shape index (κ2) is 9.51. The molecule has 182 valence electrons. The third-order valence-electron chi connectivity index (χ3n) is 5.41. The van der Waals surface area contributed by atoms with E-state index in [2.05, 4.69) is 25.9 Å². The molecule has 1 N–H and O–H groups in total. The van der Waals surface area contributed by atoms with Gasteiger partial charge in [0, 0.05) is 10.0 Å². The average molecular weight is 578 g/mol. The van der Waals surface area contributed by atoms with Crippen molar-refractivity contribution < 1.29 is 29.0 Å².